The van der Waals surface area contributed by atoms with Crippen LogP contribution in [0.3, 0.4) is 0 Å². The van der Waals surface area contributed by atoms with Gasteiger partial charge in [0.1, 0.15) is 11.9 Å². The SMILES string of the molecule is C1=C(c2ccccc2)c2ccccc2C1Oc1ccccc1. The van der Waals surface area contributed by atoms with Crippen LogP contribution < -0.4 is 4.74 Å². The van der Waals surface area contributed by atoms with Crippen LogP contribution >= 0.6 is 0 Å². The summed E-state index contributed by atoms with van der Waals surface area (Å²) in [5.74, 6) is 0.896. The second-order valence-corrected chi connectivity index (χ2v) is 5.39. The molecule has 0 saturated heterocycles. The molecule has 1 nitrogen and oxygen atoms in total. The topological polar surface area (TPSA) is 9.23 Å². The van der Waals surface area contributed by atoms with Gasteiger partial charge in [0.15, 0.2) is 0 Å². The van der Waals surface area contributed by atoms with Crippen molar-refractivity contribution < 1.29 is 4.74 Å². The van der Waals surface area contributed by atoms with Crippen molar-refractivity contribution in [1.82, 2.24) is 0 Å². The zero-order valence-corrected chi connectivity index (χ0v) is 12.1. The maximum atomic E-state index is 6.18. The van der Waals surface area contributed by atoms with Gasteiger partial charge in [-0.3, -0.25) is 0 Å². The van der Waals surface area contributed by atoms with Crippen LogP contribution in [0.5, 0.6) is 5.75 Å². The summed E-state index contributed by atoms with van der Waals surface area (Å²) in [6.07, 6.45) is 2.18. The van der Waals surface area contributed by atoms with E-state index in [2.05, 4.69) is 54.6 Å². The molecular formula is C21H16O. The van der Waals surface area contributed by atoms with Crippen molar-refractivity contribution in [3.05, 3.63) is 108 Å². The molecule has 1 aliphatic carbocycles. The Labute approximate surface area is 130 Å². The van der Waals surface area contributed by atoms with E-state index < -0.39 is 0 Å². The van der Waals surface area contributed by atoms with E-state index in [1.807, 2.05) is 36.4 Å². The molecule has 1 unspecified atom stereocenters. The summed E-state index contributed by atoms with van der Waals surface area (Å²) in [5, 5.41) is 0. The lowest BCUT2D eigenvalue weighted by Crippen LogP contribution is -2.02. The highest BCUT2D eigenvalue weighted by Crippen LogP contribution is 2.40. The predicted molar refractivity (Wildman–Crippen MR) is 89.8 cm³/mol. The average molecular weight is 284 g/mol. The molecule has 0 bridgehead atoms. The van der Waals surface area contributed by atoms with E-state index in [9.17, 15) is 0 Å². The Morgan fingerprint density at radius 3 is 2.05 bits per heavy atom. The van der Waals surface area contributed by atoms with Crippen LogP contribution in [0.2, 0.25) is 0 Å². The number of benzene rings is 3. The fourth-order valence-corrected chi connectivity index (χ4v) is 2.93. The zero-order chi connectivity index (χ0) is 14.8. The van der Waals surface area contributed by atoms with Crippen molar-refractivity contribution in [3.8, 4) is 5.75 Å². The smallest absolute Gasteiger partial charge is 0.143 e. The van der Waals surface area contributed by atoms with Gasteiger partial charge in [-0.05, 0) is 34.9 Å². The molecule has 1 aliphatic rings. The van der Waals surface area contributed by atoms with Gasteiger partial charge in [-0.25, -0.2) is 0 Å². The first-order valence-corrected chi connectivity index (χ1v) is 7.50. The maximum absolute atomic E-state index is 6.18. The molecule has 0 heterocycles. The minimum Gasteiger partial charge on any atom is -0.482 e. The summed E-state index contributed by atoms with van der Waals surface area (Å²) in [7, 11) is 0. The first-order valence-electron chi connectivity index (χ1n) is 7.50. The third kappa shape index (κ3) is 2.31. The monoisotopic (exact) mass is 284 g/mol. The van der Waals surface area contributed by atoms with Crippen molar-refractivity contribution in [2.45, 2.75) is 6.10 Å². The van der Waals surface area contributed by atoms with Gasteiger partial charge in [-0.15, -0.1) is 0 Å². The molecule has 1 atom stereocenters. The molecule has 0 fully saturated rings. The fraction of sp³-hybridized carbons (Fsp3) is 0.0476. The first-order chi connectivity index (χ1) is 10.9. The summed E-state index contributed by atoms with van der Waals surface area (Å²) in [6, 6.07) is 28.9. The Morgan fingerprint density at radius 1 is 0.636 bits per heavy atom. The zero-order valence-electron chi connectivity index (χ0n) is 12.1. The van der Waals surface area contributed by atoms with Crippen LogP contribution in [0.1, 0.15) is 22.8 Å². The Hall–Kier alpha value is -2.80. The first kappa shape index (κ1) is 12.9. The van der Waals surface area contributed by atoms with E-state index >= 15 is 0 Å². The van der Waals surface area contributed by atoms with Gasteiger partial charge in [0.25, 0.3) is 0 Å². The quantitative estimate of drug-likeness (QED) is 0.638. The van der Waals surface area contributed by atoms with Crippen LogP contribution in [-0.2, 0) is 0 Å². The minimum atomic E-state index is -0.0335. The molecule has 4 rings (SSSR count). The summed E-state index contributed by atoms with van der Waals surface area (Å²) in [5.41, 5.74) is 4.96. The Bertz CT molecular complexity index is 804. The molecule has 0 aromatic heterocycles. The molecule has 22 heavy (non-hydrogen) atoms. The summed E-state index contributed by atoms with van der Waals surface area (Å²) >= 11 is 0. The number of ether oxygens (including phenoxy) is 1. The lowest BCUT2D eigenvalue weighted by Gasteiger charge is -2.13. The van der Waals surface area contributed by atoms with Gasteiger partial charge in [0.05, 0.1) is 0 Å². The molecule has 0 N–H and O–H groups in total. The van der Waals surface area contributed by atoms with Crippen LogP contribution in [0.25, 0.3) is 5.57 Å². The van der Waals surface area contributed by atoms with Gasteiger partial charge in [-0.1, -0.05) is 72.8 Å². The third-order valence-corrected chi connectivity index (χ3v) is 3.97. The second kappa shape index (κ2) is 5.53. The normalized spacial score (nSPS) is 16.0. The standard InChI is InChI=1S/C21H16O/c1-3-9-16(10-4-1)20-15-21(19-14-8-7-13-18(19)20)22-17-11-5-2-6-12-17/h1-15,21H. The van der Waals surface area contributed by atoms with E-state index in [-0.39, 0.29) is 6.10 Å². The van der Waals surface area contributed by atoms with Gasteiger partial charge in [-0.2, -0.15) is 0 Å². The molecule has 3 aromatic carbocycles. The molecule has 0 radical (unpaired) electrons. The Morgan fingerprint density at radius 2 is 1.27 bits per heavy atom. The Kier molecular flexibility index (Phi) is 3.24. The van der Waals surface area contributed by atoms with Crippen molar-refractivity contribution >= 4 is 5.57 Å². The number of rotatable bonds is 3. The predicted octanol–water partition coefficient (Wildman–Crippen LogP) is 5.25. The van der Waals surface area contributed by atoms with Gasteiger partial charge in [0, 0.05) is 5.56 Å². The highest BCUT2D eigenvalue weighted by Gasteiger charge is 2.25. The van der Waals surface area contributed by atoms with Gasteiger partial charge < -0.3 is 4.74 Å². The van der Waals surface area contributed by atoms with E-state index in [1.165, 1.54) is 22.3 Å². The highest BCUT2D eigenvalue weighted by molar-refractivity contribution is 5.85. The number of para-hydroxylation sites is 1. The highest BCUT2D eigenvalue weighted by atomic mass is 16.5. The number of hydrogen-bond donors (Lipinski definition) is 0. The molecule has 0 spiro atoms. The van der Waals surface area contributed by atoms with Crippen LogP contribution in [0, 0.1) is 0 Å². The van der Waals surface area contributed by atoms with Crippen molar-refractivity contribution in [2.75, 3.05) is 0 Å². The van der Waals surface area contributed by atoms with Crippen molar-refractivity contribution in [2.24, 2.45) is 0 Å². The molecule has 1 heteroatoms. The summed E-state index contributed by atoms with van der Waals surface area (Å²) < 4.78 is 6.18. The molecule has 0 amide bonds. The number of fused-ring (bicyclic) bond motifs is 1. The van der Waals surface area contributed by atoms with Crippen LogP contribution in [-0.4, -0.2) is 0 Å². The molecular weight excluding hydrogens is 268 g/mol. The fourth-order valence-electron chi connectivity index (χ4n) is 2.93. The molecule has 3 aromatic rings. The molecule has 0 saturated carbocycles. The molecule has 0 aliphatic heterocycles. The van der Waals surface area contributed by atoms with E-state index in [0.29, 0.717) is 0 Å². The summed E-state index contributed by atoms with van der Waals surface area (Å²) in [6.45, 7) is 0. The molecule has 106 valence electrons. The van der Waals surface area contributed by atoms with Crippen molar-refractivity contribution in [3.63, 3.8) is 0 Å². The van der Waals surface area contributed by atoms with E-state index in [0.717, 1.165) is 5.75 Å². The van der Waals surface area contributed by atoms with E-state index in [1.54, 1.807) is 0 Å². The number of hydrogen-bond acceptors (Lipinski definition) is 1. The third-order valence-electron chi connectivity index (χ3n) is 3.97. The van der Waals surface area contributed by atoms with Crippen LogP contribution in [0.4, 0.5) is 0 Å². The second-order valence-electron chi connectivity index (χ2n) is 5.39. The van der Waals surface area contributed by atoms with Crippen molar-refractivity contribution in [1.29, 1.82) is 0 Å². The average Bonchev–Trinajstić information content (AvgIpc) is 2.96. The van der Waals surface area contributed by atoms with Crippen LogP contribution in [0.15, 0.2) is 91.0 Å². The largest absolute Gasteiger partial charge is 0.482 e. The summed E-state index contributed by atoms with van der Waals surface area (Å²) in [4.78, 5) is 0. The maximum Gasteiger partial charge on any atom is 0.143 e. The Balaban J connectivity index is 1.75. The lowest BCUT2D eigenvalue weighted by atomic mass is 9.99. The lowest BCUT2D eigenvalue weighted by molar-refractivity contribution is 0.259. The van der Waals surface area contributed by atoms with E-state index in [4.69, 9.17) is 4.74 Å². The van der Waals surface area contributed by atoms with Gasteiger partial charge >= 0.3 is 0 Å². The minimum absolute atomic E-state index is 0.0335. The van der Waals surface area contributed by atoms with Gasteiger partial charge in [0.2, 0.25) is 0 Å².